The number of carbonyl (C=O) groups excluding carboxylic acids is 1. The number of aromatic nitrogens is 3. The predicted molar refractivity (Wildman–Crippen MR) is 77.6 cm³/mol. The number of aryl methyl sites for hydroxylation is 1. The fourth-order valence-corrected chi connectivity index (χ4v) is 3.24. The first-order valence-electron chi connectivity index (χ1n) is 7.51. The second-order valence-corrected chi connectivity index (χ2v) is 5.98. The van der Waals surface area contributed by atoms with E-state index < -0.39 is 0 Å². The molecule has 21 heavy (non-hydrogen) atoms. The van der Waals surface area contributed by atoms with Crippen LogP contribution in [0.2, 0.25) is 0 Å². The molecule has 0 saturated heterocycles. The second-order valence-electron chi connectivity index (χ2n) is 5.98. The first-order valence-corrected chi connectivity index (χ1v) is 7.51. The van der Waals surface area contributed by atoms with Crippen molar-refractivity contribution in [3.8, 4) is 0 Å². The topological polar surface area (TPSA) is 59.8 Å². The molecule has 1 amide bonds. The first-order chi connectivity index (χ1) is 10.3. The third kappa shape index (κ3) is 2.44. The predicted octanol–water partition coefficient (Wildman–Crippen LogP) is 1.51. The van der Waals surface area contributed by atoms with E-state index in [0.717, 1.165) is 31.6 Å². The van der Waals surface area contributed by atoms with E-state index in [-0.39, 0.29) is 17.9 Å². The van der Waals surface area contributed by atoms with E-state index in [4.69, 9.17) is 0 Å². The van der Waals surface area contributed by atoms with Crippen molar-refractivity contribution in [3.63, 3.8) is 0 Å². The molecule has 5 heteroatoms. The molecule has 3 atom stereocenters. The molecule has 2 aromatic rings. The summed E-state index contributed by atoms with van der Waals surface area (Å²) in [6.45, 7) is 0.839. The second kappa shape index (κ2) is 4.98. The number of carbonyl (C=O) groups is 1. The Balaban J connectivity index is 1.36. The number of fused-ring (bicyclic) bond motifs is 1. The van der Waals surface area contributed by atoms with Crippen LogP contribution in [0.3, 0.4) is 0 Å². The van der Waals surface area contributed by atoms with Crippen molar-refractivity contribution in [2.45, 2.75) is 37.8 Å². The fourth-order valence-electron chi connectivity index (χ4n) is 3.24. The maximum absolute atomic E-state index is 12.4. The van der Waals surface area contributed by atoms with Crippen molar-refractivity contribution in [2.75, 3.05) is 0 Å². The molecular formula is C16H18N4O. The molecule has 2 aliphatic rings. The average molecular weight is 282 g/mol. The summed E-state index contributed by atoms with van der Waals surface area (Å²) in [6.07, 6.45) is 10.3. The molecule has 1 fully saturated rings. The highest BCUT2D eigenvalue weighted by Gasteiger charge is 2.44. The van der Waals surface area contributed by atoms with Crippen molar-refractivity contribution in [1.82, 2.24) is 19.9 Å². The van der Waals surface area contributed by atoms with E-state index in [1.54, 1.807) is 6.20 Å². The number of nitrogens with one attached hydrogen (secondary N) is 1. The lowest BCUT2D eigenvalue weighted by atomic mass is 10.1. The zero-order valence-corrected chi connectivity index (χ0v) is 11.8. The standard InChI is InChI=1S/C16H18N4O/c21-16(14-8-13(14)11-2-1-5-17-9-11)19-12-3-4-15-18-6-7-20(15)10-12/h1-2,5-7,9,12-14H,3-4,8,10H2,(H,19,21)/t12-,13-,14-/m1/s1. The summed E-state index contributed by atoms with van der Waals surface area (Å²) in [5.41, 5.74) is 1.18. The summed E-state index contributed by atoms with van der Waals surface area (Å²) < 4.78 is 2.14. The molecule has 0 aromatic carbocycles. The lowest BCUT2D eigenvalue weighted by Crippen LogP contribution is -2.41. The minimum atomic E-state index is 0.124. The highest BCUT2D eigenvalue weighted by Crippen LogP contribution is 2.47. The van der Waals surface area contributed by atoms with Crippen LogP contribution in [0.4, 0.5) is 0 Å². The van der Waals surface area contributed by atoms with Gasteiger partial charge in [-0.05, 0) is 30.4 Å². The SMILES string of the molecule is O=C(N[C@@H]1CCc2nccn2C1)[C@@H]1C[C@@H]1c1cccnc1. The van der Waals surface area contributed by atoms with E-state index in [1.807, 2.05) is 24.7 Å². The fraction of sp³-hybridized carbons (Fsp3) is 0.438. The van der Waals surface area contributed by atoms with E-state index in [0.29, 0.717) is 5.92 Å². The van der Waals surface area contributed by atoms with Crippen LogP contribution in [-0.2, 0) is 17.8 Å². The first kappa shape index (κ1) is 12.6. The number of amides is 1. The lowest BCUT2D eigenvalue weighted by molar-refractivity contribution is -0.123. The van der Waals surface area contributed by atoms with Gasteiger partial charge in [-0.25, -0.2) is 4.98 Å². The normalized spacial score (nSPS) is 27.0. The average Bonchev–Trinajstić information content (AvgIpc) is 3.19. The Hall–Kier alpha value is -2.17. The minimum absolute atomic E-state index is 0.124. The Morgan fingerprint density at radius 3 is 3.19 bits per heavy atom. The number of rotatable bonds is 3. The molecule has 108 valence electrons. The molecule has 1 aliphatic carbocycles. The van der Waals surface area contributed by atoms with Crippen LogP contribution in [0.5, 0.6) is 0 Å². The van der Waals surface area contributed by atoms with Crippen molar-refractivity contribution in [3.05, 3.63) is 48.3 Å². The van der Waals surface area contributed by atoms with Crippen LogP contribution < -0.4 is 5.32 Å². The van der Waals surface area contributed by atoms with Gasteiger partial charge in [0.25, 0.3) is 0 Å². The third-order valence-corrected chi connectivity index (χ3v) is 4.52. The monoisotopic (exact) mass is 282 g/mol. The van der Waals surface area contributed by atoms with Crippen LogP contribution in [0.1, 0.15) is 30.1 Å². The van der Waals surface area contributed by atoms with Crippen LogP contribution in [-0.4, -0.2) is 26.5 Å². The summed E-state index contributed by atoms with van der Waals surface area (Å²) in [5.74, 6) is 1.79. The Bertz CT molecular complexity index is 651. The summed E-state index contributed by atoms with van der Waals surface area (Å²) >= 11 is 0. The van der Waals surface area contributed by atoms with Gasteiger partial charge in [0, 0.05) is 49.7 Å². The highest BCUT2D eigenvalue weighted by atomic mass is 16.2. The summed E-state index contributed by atoms with van der Waals surface area (Å²) in [6, 6.07) is 4.22. The van der Waals surface area contributed by atoms with E-state index >= 15 is 0 Å². The maximum atomic E-state index is 12.4. The summed E-state index contributed by atoms with van der Waals surface area (Å²) in [4.78, 5) is 20.8. The van der Waals surface area contributed by atoms with Gasteiger partial charge in [-0.1, -0.05) is 6.07 Å². The smallest absolute Gasteiger partial charge is 0.224 e. The van der Waals surface area contributed by atoms with Crippen LogP contribution >= 0.6 is 0 Å². The highest BCUT2D eigenvalue weighted by molar-refractivity contribution is 5.83. The molecule has 0 unspecified atom stereocenters. The molecule has 1 N–H and O–H groups in total. The van der Waals surface area contributed by atoms with Gasteiger partial charge < -0.3 is 9.88 Å². The van der Waals surface area contributed by atoms with Gasteiger partial charge in [-0.15, -0.1) is 0 Å². The molecule has 0 bridgehead atoms. The number of pyridine rings is 1. The van der Waals surface area contributed by atoms with Crippen molar-refractivity contribution in [2.24, 2.45) is 5.92 Å². The summed E-state index contributed by atoms with van der Waals surface area (Å²) in [7, 11) is 0. The molecule has 5 nitrogen and oxygen atoms in total. The molecule has 4 rings (SSSR count). The van der Waals surface area contributed by atoms with Crippen molar-refractivity contribution >= 4 is 5.91 Å². The maximum Gasteiger partial charge on any atom is 0.224 e. The van der Waals surface area contributed by atoms with Crippen LogP contribution in [0.25, 0.3) is 0 Å². The molecular weight excluding hydrogens is 264 g/mol. The van der Waals surface area contributed by atoms with Crippen molar-refractivity contribution < 1.29 is 4.79 Å². The number of hydrogen-bond donors (Lipinski definition) is 1. The Morgan fingerprint density at radius 1 is 1.38 bits per heavy atom. The van der Waals surface area contributed by atoms with Gasteiger partial charge >= 0.3 is 0 Å². The Labute approximate surface area is 123 Å². The molecule has 1 aliphatic heterocycles. The van der Waals surface area contributed by atoms with Gasteiger partial charge in [0.1, 0.15) is 5.82 Å². The molecule has 3 heterocycles. The van der Waals surface area contributed by atoms with Gasteiger partial charge in [-0.2, -0.15) is 0 Å². The van der Waals surface area contributed by atoms with Crippen LogP contribution in [0.15, 0.2) is 36.9 Å². The molecule has 2 aromatic heterocycles. The van der Waals surface area contributed by atoms with Gasteiger partial charge in [0.15, 0.2) is 0 Å². The number of hydrogen-bond acceptors (Lipinski definition) is 3. The third-order valence-electron chi connectivity index (χ3n) is 4.52. The summed E-state index contributed by atoms with van der Waals surface area (Å²) in [5, 5.41) is 3.20. The molecule has 1 saturated carbocycles. The van der Waals surface area contributed by atoms with Gasteiger partial charge in [-0.3, -0.25) is 9.78 Å². The number of nitrogens with zero attached hydrogens (tertiary/aromatic N) is 3. The Kier molecular flexibility index (Phi) is 2.98. The van der Waals surface area contributed by atoms with Crippen LogP contribution in [0, 0.1) is 5.92 Å². The number of imidazole rings is 1. The lowest BCUT2D eigenvalue weighted by Gasteiger charge is -2.24. The van der Waals surface area contributed by atoms with E-state index in [9.17, 15) is 4.79 Å². The Morgan fingerprint density at radius 2 is 2.33 bits per heavy atom. The molecule has 0 radical (unpaired) electrons. The molecule has 0 spiro atoms. The van der Waals surface area contributed by atoms with Gasteiger partial charge in [0.05, 0.1) is 0 Å². The van der Waals surface area contributed by atoms with Gasteiger partial charge in [0.2, 0.25) is 5.91 Å². The van der Waals surface area contributed by atoms with Crippen molar-refractivity contribution in [1.29, 1.82) is 0 Å². The van der Waals surface area contributed by atoms with E-state index in [2.05, 4.69) is 25.9 Å². The van der Waals surface area contributed by atoms with E-state index in [1.165, 1.54) is 5.56 Å². The zero-order valence-electron chi connectivity index (χ0n) is 11.8. The minimum Gasteiger partial charge on any atom is -0.351 e. The quantitative estimate of drug-likeness (QED) is 0.928. The largest absolute Gasteiger partial charge is 0.351 e. The zero-order chi connectivity index (χ0) is 14.2.